The van der Waals surface area contributed by atoms with Crippen LogP contribution >= 0.6 is 12.4 Å². The van der Waals surface area contributed by atoms with E-state index >= 15 is 0 Å². The summed E-state index contributed by atoms with van der Waals surface area (Å²) < 4.78 is 26.5. The predicted molar refractivity (Wildman–Crippen MR) is 99.4 cm³/mol. The van der Waals surface area contributed by atoms with Gasteiger partial charge in [-0.15, -0.1) is 12.4 Å². The zero-order valence-electron chi connectivity index (χ0n) is 14.5. The molecule has 1 aromatic rings. The van der Waals surface area contributed by atoms with E-state index in [9.17, 15) is 13.2 Å². The van der Waals surface area contributed by atoms with Gasteiger partial charge in [-0.25, -0.2) is 8.42 Å². The van der Waals surface area contributed by atoms with E-state index in [0.29, 0.717) is 38.3 Å². The number of sulfonamides is 1. The van der Waals surface area contributed by atoms with E-state index in [-0.39, 0.29) is 28.6 Å². The van der Waals surface area contributed by atoms with Crippen LogP contribution in [0.15, 0.2) is 29.2 Å². The van der Waals surface area contributed by atoms with E-state index in [4.69, 9.17) is 5.73 Å². The summed E-state index contributed by atoms with van der Waals surface area (Å²) in [5.41, 5.74) is 6.29. The Morgan fingerprint density at radius 1 is 1.16 bits per heavy atom. The summed E-state index contributed by atoms with van der Waals surface area (Å²) in [4.78, 5) is 14.7. The maximum Gasteiger partial charge on any atom is 0.253 e. The molecule has 0 bridgehead atoms. The SMILES string of the molecule is CC1(CN)CCN(C(=O)c2ccc(S(=O)(=O)N3CCCC3)cc2)C1.Cl. The summed E-state index contributed by atoms with van der Waals surface area (Å²) in [6.45, 7) is 5.15. The molecule has 8 heteroatoms. The summed E-state index contributed by atoms with van der Waals surface area (Å²) in [5.74, 6) is -0.0581. The van der Waals surface area contributed by atoms with Crippen LogP contribution in [0.3, 0.4) is 0 Å². The lowest BCUT2D eigenvalue weighted by atomic mass is 9.90. The zero-order chi connectivity index (χ0) is 17.4. The van der Waals surface area contributed by atoms with Gasteiger partial charge in [0, 0.05) is 31.7 Å². The molecule has 1 aromatic carbocycles. The number of halogens is 1. The first-order chi connectivity index (χ1) is 11.4. The van der Waals surface area contributed by atoms with Crippen LogP contribution in [-0.2, 0) is 10.0 Å². The number of carbonyl (C=O) groups excluding carboxylic acids is 1. The van der Waals surface area contributed by atoms with Gasteiger partial charge in [-0.1, -0.05) is 6.92 Å². The van der Waals surface area contributed by atoms with Gasteiger partial charge in [0.1, 0.15) is 0 Å². The zero-order valence-corrected chi connectivity index (χ0v) is 16.1. The third-order valence-corrected chi connectivity index (χ3v) is 7.05. The fourth-order valence-corrected chi connectivity index (χ4v) is 4.91. The maximum atomic E-state index is 12.6. The minimum atomic E-state index is -3.43. The van der Waals surface area contributed by atoms with Crippen LogP contribution in [0.4, 0.5) is 0 Å². The Morgan fingerprint density at radius 2 is 1.76 bits per heavy atom. The highest BCUT2D eigenvalue weighted by atomic mass is 35.5. The van der Waals surface area contributed by atoms with Crippen molar-refractivity contribution in [1.29, 1.82) is 0 Å². The number of likely N-dealkylation sites (tertiary alicyclic amines) is 1. The first kappa shape index (κ1) is 20.2. The van der Waals surface area contributed by atoms with Gasteiger partial charge < -0.3 is 10.6 Å². The van der Waals surface area contributed by atoms with E-state index in [1.54, 1.807) is 29.2 Å². The number of hydrogen-bond acceptors (Lipinski definition) is 4. The van der Waals surface area contributed by atoms with Gasteiger partial charge >= 0.3 is 0 Å². The molecule has 2 aliphatic heterocycles. The molecule has 0 aromatic heterocycles. The Kier molecular flexibility index (Phi) is 6.14. The van der Waals surface area contributed by atoms with E-state index in [1.165, 1.54) is 4.31 Å². The molecule has 0 aliphatic carbocycles. The summed E-state index contributed by atoms with van der Waals surface area (Å²) >= 11 is 0. The molecule has 6 nitrogen and oxygen atoms in total. The predicted octanol–water partition coefficient (Wildman–Crippen LogP) is 1.70. The van der Waals surface area contributed by atoms with Gasteiger partial charge in [-0.2, -0.15) is 4.31 Å². The number of carbonyl (C=O) groups is 1. The number of nitrogens with zero attached hydrogens (tertiary/aromatic N) is 2. The Bertz CT molecular complexity index is 717. The fraction of sp³-hybridized carbons (Fsp3) is 0.588. The number of nitrogens with two attached hydrogens (primary N) is 1. The Balaban J connectivity index is 0.00000225. The van der Waals surface area contributed by atoms with Crippen molar-refractivity contribution in [3.8, 4) is 0 Å². The van der Waals surface area contributed by atoms with Crippen LogP contribution in [0.5, 0.6) is 0 Å². The molecule has 140 valence electrons. The normalized spacial score (nSPS) is 24.3. The van der Waals surface area contributed by atoms with Crippen molar-refractivity contribution in [2.75, 3.05) is 32.7 Å². The molecule has 2 fully saturated rings. The number of amides is 1. The second-order valence-corrected chi connectivity index (χ2v) is 9.06. The lowest BCUT2D eigenvalue weighted by molar-refractivity contribution is 0.0777. The summed E-state index contributed by atoms with van der Waals surface area (Å²) in [7, 11) is -3.43. The molecule has 25 heavy (non-hydrogen) atoms. The Hall–Kier alpha value is -1.15. The number of hydrogen-bond donors (Lipinski definition) is 1. The largest absolute Gasteiger partial charge is 0.338 e. The molecular weight excluding hydrogens is 362 g/mol. The van der Waals surface area contributed by atoms with Gasteiger partial charge in [0.05, 0.1) is 4.90 Å². The van der Waals surface area contributed by atoms with Crippen molar-refractivity contribution in [2.24, 2.45) is 11.1 Å². The smallest absolute Gasteiger partial charge is 0.253 e. The fourth-order valence-electron chi connectivity index (χ4n) is 3.39. The molecule has 0 saturated carbocycles. The van der Waals surface area contributed by atoms with Crippen LogP contribution in [0.25, 0.3) is 0 Å². The van der Waals surface area contributed by atoms with Crippen molar-refractivity contribution in [3.05, 3.63) is 29.8 Å². The van der Waals surface area contributed by atoms with Gasteiger partial charge in [0.25, 0.3) is 5.91 Å². The molecule has 1 atom stereocenters. The highest BCUT2D eigenvalue weighted by molar-refractivity contribution is 7.89. The van der Waals surface area contributed by atoms with Crippen molar-refractivity contribution < 1.29 is 13.2 Å². The first-order valence-electron chi connectivity index (χ1n) is 8.45. The lowest BCUT2D eigenvalue weighted by Gasteiger charge is -2.22. The van der Waals surface area contributed by atoms with Crippen LogP contribution in [0, 0.1) is 5.41 Å². The summed E-state index contributed by atoms with van der Waals surface area (Å²) in [5, 5.41) is 0. The Labute approximate surface area is 155 Å². The van der Waals surface area contributed by atoms with E-state index in [0.717, 1.165) is 19.3 Å². The molecule has 1 amide bonds. The molecule has 2 N–H and O–H groups in total. The minimum Gasteiger partial charge on any atom is -0.338 e. The van der Waals surface area contributed by atoms with Gasteiger partial charge in [-0.3, -0.25) is 4.79 Å². The standard InChI is InChI=1S/C17H25N3O3S.ClH/c1-17(12-18)8-11-19(13-17)16(21)14-4-6-15(7-5-14)24(22,23)20-9-2-3-10-20;/h4-7H,2-3,8-13,18H2,1H3;1H. The average molecular weight is 388 g/mol. The molecule has 2 heterocycles. The molecule has 2 aliphatic rings. The van der Waals surface area contributed by atoms with Crippen LogP contribution in [0.1, 0.15) is 36.5 Å². The quantitative estimate of drug-likeness (QED) is 0.852. The summed E-state index contributed by atoms with van der Waals surface area (Å²) in [6.07, 6.45) is 2.71. The van der Waals surface area contributed by atoms with Crippen molar-refractivity contribution in [2.45, 2.75) is 31.1 Å². The average Bonchev–Trinajstić information content (AvgIpc) is 3.25. The summed E-state index contributed by atoms with van der Waals surface area (Å²) in [6, 6.07) is 6.31. The van der Waals surface area contributed by atoms with Gasteiger partial charge in [0.15, 0.2) is 0 Å². The third kappa shape index (κ3) is 4.00. The molecule has 1 unspecified atom stereocenters. The maximum absolute atomic E-state index is 12.6. The van der Waals surface area contributed by atoms with E-state index in [1.807, 2.05) is 0 Å². The monoisotopic (exact) mass is 387 g/mol. The van der Waals surface area contributed by atoms with Crippen molar-refractivity contribution in [3.63, 3.8) is 0 Å². The van der Waals surface area contributed by atoms with Gasteiger partial charge in [0.2, 0.25) is 10.0 Å². The van der Waals surface area contributed by atoms with Crippen LogP contribution < -0.4 is 5.73 Å². The Morgan fingerprint density at radius 3 is 2.28 bits per heavy atom. The van der Waals surface area contributed by atoms with Crippen LogP contribution in [-0.4, -0.2) is 56.3 Å². The topological polar surface area (TPSA) is 83.7 Å². The lowest BCUT2D eigenvalue weighted by Crippen LogP contribution is -2.34. The molecule has 2 saturated heterocycles. The molecular formula is C17H26ClN3O3S. The van der Waals surface area contributed by atoms with Gasteiger partial charge in [-0.05, 0) is 55.5 Å². The first-order valence-corrected chi connectivity index (χ1v) is 9.89. The highest BCUT2D eigenvalue weighted by Crippen LogP contribution is 2.29. The minimum absolute atomic E-state index is 0. The molecule has 3 rings (SSSR count). The molecule has 0 radical (unpaired) electrons. The number of rotatable bonds is 4. The van der Waals surface area contributed by atoms with E-state index in [2.05, 4.69) is 6.92 Å². The number of benzene rings is 1. The van der Waals surface area contributed by atoms with Crippen molar-refractivity contribution >= 4 is 28.3 Å². The third-order valence-electron chi connectivity index (χ3n) is 5.14. The highest BCUT2D eigenvalue weighted by Gasteiger charge is 2.35. The van der Waals surface area contributed by atoms with Crippen LogP contribution in [0.2, 0.25) is 0 Å². The van der Waals surface area contributed by atoms with E-state index < -0.39 is 10.0 Å². The molecule has 0 spiro atoms. The second-order valence-electron chi connectivity index (χ2n) is 7.13. The second kappa shape index (κ2) is 7.61. The van der Waals surface area contributed by atoms with Crippen molar-refractivity contribution in [1.82, 2.24) is 9.21 Å².